The molecule has 6 nitrogen and oxygen atoms in total. The number of benzene rings is 2. The van der Waals surface area contributed by atoms with E-state index in [1.807, 2.05) is 49.4 Å². The average molecular weight is 403 g/mol. The molecule has 1 aliphatic rings. The molecule has 0 bridgehead atoms. The fourth-order valence-electron chi connectivity index (χ4n) is 3.74. The third-order valence-electron chi connectivity index (χ3n) is 5.20. The molecule has 0 saturated heterocycles. The van der Waals surface area contributed by atoms with E-state index in [1.165, 1.54) is 13.0 Å². The molecule has 0 fully saturated rings. The number of hydrogen-bond acceptors (Lipinski definition) is 5. The summed E-state index contributed by atoms with van der Waals surface area (Å²) in [6, 6.07) is 14.1. The highest BCUT2D eigenvalue weighted by atomic mass is 16.5. The second-order valence-corrected chi connectivity index (χ2v) is 7.34. The van der Waals surface area contributed by atoms with E-state index in [0.717, 1.165) is 22.1 Å². The van der Waals surface area contributed by atoms with Gasteiger partial charge in [0.25, 0.3) is 0 Å². The number of carbonyl (C=O) groups is 2. The van der Waals surface area contributed by atoms with Gasteiger partial charge in [0.05, 0.1) is 12.5 Å². The Hall–Kier alpha value is -3.67. The number of rotatable bonds is 4. The summed E-state index contributed by atoms with van der Waals surface area (Å²) in [5.74, 6) is -0.606. The molecule has 0 N–H and O–H groups in total. The van der Waals surface area contributed by atoms with Gasteiger partial charge in [-0.3, -0.25) is 9.59 Å². The lowest BCUT2D eigenvalue weighted by molar-refractivity contribution is -0.146. The first-order valence-corrected chi connectivity index (χ1v) is 9.67. The Bertz CT molecular complexity index is 1220. The standard InChI is InChI=1S/C24H21NO5/c1-15-7-8-20-18(12-24(28)30-22(20)11-15)14-29-23(27)13-21-19-6-4-3-5-17(19)9-10-25(21)16(2)26/h3-12,21H,13-14H2,1-2H3/t21-/m0/s1. The van der Waals surface area contributed by atoms with E-state index in [1.54, 1.807) is 17.2 Å². The minimum atomic E-state index is -0.492. The Morgan fingerprint density at radius 1 is 1.13 bits per heavy atom. The van der Waals surface area contributed by atoms with Crippen molar-refractivity contribution in [2.45, 2.75) is 32.9 Å². The van der Waals surface area contributed by atoms with Gasteiger partial charge in [-0.2, -0.15) is 0 Å². The van der Waals surface area contributed by atoms with Crippen molar-refractivity contribution in [3.05, 3.63) is 87.4 Å². The molecule has 152 valence electrons. The zero-order chi connectivity index (χ0) is 21.3. The minimum Gasteiger partial charge on any atom is -0.461 e. The fraction of sp³-hybridized carbons (Fsp3) is 0.208. The summed E-state index contributed by atoms with van der Waals surface area (Å²) >= 11 is 0. The molecule has 1 aromatic heterocycles. The Morgan fingerprint density at radius 2 is 1.93 bits per heavy atom. The molecule has 0 aliphatic carbocycles. The molecule has 1 amide bonds. The molecule has 2 aromatic carbocycles. The van der Waals surface area contributed by atoms with Crippen LogP contribution < -0.4 is 5.63 Å². The summed E-state index contributed by atoms with van der Waals surface area (Å²) in [5.41, 5.74) is 3.38. The number of amides is 1. The van der Waals surface area contributed by atoms with Crippen LogP contribution in [0.5, 0.6) is 0 Å². The largest absolute Gasteiger partial charge is 0.461 e. The quantitative estimate of drug-likeness (QED) is 0.484. The summed E-state index contributed by atoms with van der Waals surface area (Å²) in [5, 5.41) is 0.726. The van der Waals surface area contributed by atoms with Crippen molar-refractivity contribution in [3.8, 4) is 0 Å². The van der Waals surface area contributed by atoms with Crippen molar-refractivity contribution >= 4 is 28.9 Å². The van der Waals surface area contributed by atoms with Crippen LogP contribution >= 0.6 is 0 Å². The molecule has 0 radical (unpaired) electrons. The van der Waals surface area contributed by atoms with Crippen LogP contribution in [-0.2, 0) is 20.9 Å². The topological polar surface area (TPSA) is 76.8 Å². The van der Waals surface area contributed by atoms with E-state index in [4.69, 9.17) is 9.15 Å². The van der Waals surface area contributed by atoms with E-state index in [-0.39, 0.29) is 18.9 Å². The van der Waals surface area contributed by atoms with Crippen LogP contribution in [0.3, 0.4) is 0 Å². The van der Waals surface area contributed by atoms with E-state index in [9.17, 15) is 14.4 Å². The first-order chi connectivity index (χ1) is 14.4. The molecule has 2 heterocycles. The van der Waals surface area contributed by atoms with Crippen LogP contribution in [0.15, 0.2) is 63.9 Å². The second-order valence-electron chi connectivity index (χ2n) is 7.34. The molecule has 0 saturated carbocycles. The smallest absolute Gasteiger partial charge is 0.336 e. The third kappa shape index (κ3) is 3.89. The van der Waals surface area contributed by atoms with Crippen LogP contribution in [0.25, 0.3) is 17.0 Å². The van der Waals surface area contributed by atoms with E-state index < -0.39 is 17.6 Å². The van der Waals surface area contributed by atoms with Gasteiger partial charge in [0.1, 0.15) is 12.2 Å². The lowest BCUT2D eigenvalue weighted by Gasteiger charge is -2.32. The van der Waals surface area contributed by atoms with Gasteiger partial charge in [0.15, 0.2) is 0 Å². The lowest BCUT2D eigenvalue weighted by atomic mass is 9.94. The molecular weight excluding hydrogens is 382 g/mol. The maximum atomic E-state index is 12.7. The zero-order valence-electron chi connectivity index (χ0n) is 16.8. The summed E-state index contributed by atoms with van der Waals surface area (Å²) in [6.07, 6.45) is 3.57. The summed E-state index contributed by atoms with van der Waals surface area (Å²) < 4.78 is 10.7. The lowest BCUT2D eigenvalue weighted by Crippen LogP contribution is -2.32. The van der Waals surface area contributed by atoms with Crippen LogP contribution in [0.4, 0.5) is 0 Å². The van der Waals surface area contributed by atoms with Crippen LogP contribution in [-0.4, -0.2) is 16.8 Å². The van der Waals surface area contributed by atoms with Gasteiger partial charge < -0.3 is 14.1 Å². The SMILES string of the molecule is CC(=O)N1C=Cc2ccccc2[C@@H]1CC(=O)OCc1cc(=O)oc2cc(C)ccc12. The zero-order valence-corrected chi connectivity index (χ0v) is 16.8. The van der Waals surface area contributed by atoms with Crippen LogP contribution in [0, 0.1) is 6.92 Å². The van der Waals surface area contributed by atoms with E-state index >= 15 is 0 Å². The minimum absolute atomic E-state index is 0.0133. The summed E-state index contributed by atoms with van der Waals surface area (Å²) in [4.78, 5) is 38.1. The Balaban J connectivity index is 1.54. The molecule has 4 rings (SSSR count). The Kier molecular flexibility index (Phi) is 5.23. The van der Waals surface area contributed by atoms with Crippen molar-refractivity contribution in [3.63, 3.8) is 0 Å². The molecule has 1 atom stereocenters. The average Bonchev–Trinajstić information content (AvgIpc) is 2.71. The first-order valence-electron chi connectivity index (χ1n) is 9.67. The normalized spacial score (nSPS) is 15.1. The highest BCUT2D eigenvalue weighted by molar-refractivity contribution is 5.82. The van der Waals surface area contributed by atoms with Gasteiger partial charge >= 0.3 is 11.6 Å². The number of ether oxygens (including phenoxy) is 1. The fourth-order valence-corrected chi connectivity index (χ4v) is 3.74. The molecule has 0 unspecified atom stereocenters. The van der Waals surface area contributed by atoms with Gasteiger partial charge in [0.2, 0.25) is 5.91 Å². The number of hydrogen-bond donors (Lipinski definition) is 0. The highest BCUT2D eigenvalue weighted by Crippen LogP contribution is 2.33. The van der Waals surface area contributed by atoms with Crippen molar-refractivity contribution in [2.24, 2.45) is 0 Å². The maximum Gasteiger partial charge on any atom is 0.336 e. The van der Waals surface area contributed by atoms with Crippen molar-refractivity contribution < 1.29 is 18.7 Å². The molecule has 6 heteroatoms. The number of nitrogens with zero attached hydrogens (tertiary/aromatic N) is 1. The first kappa shape index (κ1) is 19.6. The van der Waals surface area contributed by atoms with E-state index in [2.05, 4.69) is 0 Å². The van der Waals surface area contributed by atoms with Gasteiger partial charge in [-0.1, -0.05) is 36.4 Å². The number of fused-ring (bicyclic) bond motifs is 2. The predicted octanol–water partition coefficient (Wildman–Crippen LogP) is 4.11. The van der Waals surface area contributed by atoms with Gasteiger partial charge in [-0.15, -0.1) is 0 Å². The highest BCUT2D eigenvalue weighted by Gasteiger charge is 2.28. The van der Waals surface area contributed by atoms with E-state index in [0.29, 0.717) is 11.1 Å². The maximum absolute atomic E-state index is 12.7. The monoisotopic (exact) mass is 403 g/mol. The third-order valence-corrected chi connectivity index (χ3v) is 5.20. The Morgan fingerprint density at radius 3 is 2.73 bits per heavy atom. The molecule has 1 aliphatic heterocycles. The number of aryl methyl sites for hydroxylation is 1. The number of esters is 1. The van der Waals surface area contributed by atoms with Crippen molar-refractivity contribution in [1.29, 1.82) is 0 Å². The van der Waals surface area contributed by atoms with Crippen molar-refractivity contribution in [1.82, 2.24) is 4.90 Å². The number of carbonyl (C=O) groups excluding carboxylic acids is 2. The molecule has 0 spiro atoms. The molecular formula is C24H21NO5. The van der Waals surface area contributed by atoms with Crippen LogP contribution in [0.1, 0.15) is 41.6 Å². The summed E-state index contributed by atoms with van der Waals surface area (Å²) in [7, 11) is 0. The molecule has 30 heavy (non-hydrogen) atoms. The second kappa shape index (κ2) is 7.99. The van der Waals surface area contributed by atoms with Gasteiger partial charge in [0, 0.05) is 30.1 Å². The van der Waals surface area contributed by atoms with Gasteiger partial charge in [-0.05, 0) is 35.8 Å². The molecule has 3 aromatic rings. The Labute approximate surface area is 173 Å². The van der Waals surface area contributed by atoms with Crippen molar-refractivity contribution in [2.75, 3.05) is 0 Å². The van der Waals surface area contributed by atoms with Crippen LogP contribution in [0.2, 0.25) is 0 Å². The summed E-state index contributed by atoms with van der Waals surface area (Å²) in [6.45, 7) is 3.33. The predicted molar refractivity (Wildman–Crippen MR) is 112 cm³/mol. The van der Waals surface area contributed by atoms with Gasteiger partial charge in [-0.25, -0.2) is 4.79 Å².